The standard InChI is InChI=1S/C65H39N5O2/c1-3-13-40(14-4-1)41-25-27-43(28-26-41)56-39-57(67-63(66-56)49-30-32-53-52-23-9-10-24-58(52)71-59(53)37-49)47-20-11-18-45(35-47)46-19-12-21-48(36-46)64-68-62(44-16-5-2-6-17-44)69-65(70-64)50-31-33-54-55-34-29-42-15-7-8-22-51(42)61(55)72-60(54)38-50/h1-39H. The maximum absolute atomic E-state index is 6.58. The molecule has 0 unspecified atom stereocenters. The molecule has 0 aliphatic carbocycles. The minimum absolute atomic E-state index is 0.558. The van der Waals surface area contributed by atoms with E-state index < -0.39 is 0 Å². The summed E-state index contributed by atoms with van der Waals surface area (Å²) in [5.41, 5.74) is 14.7. The van der Waals surface area contributed by atoms with Crippen molar-refractivity contribution in [2.75, 3.05) is 0 Å². The molecular formula is C65H39N5O2. The Bertz CT molecular complexity index is 4390. The first kappa shape index (κ1) is 41.2. The van der Waals surface area contributed by atoms with Gasteiger partial charge in [0, 0.05) is 60.3 Å². The predicted molar refractivity (Wildman–Crippen MR) is 291 cm³/mol. The molecule has 0 saturated heterocycles. The highest BCUT2D eigenvalue weighted by Crippen LogP contribution is 2.38. The van der Waals surface area contributed by atoms with Crippen LogP contribution in [0.15, 0.2) is 245 Å². The van der Waals surface area contributed by atoms with Crippen LogP contribution in [0.4, 0.5) is 0 Å². The van der Waals surface area contributed by atoms with Crippen LogP contribution in [0.1, 0.15) is 0 Å². The molecule has 0 radical (unpaired) electrons. The van der Waals surface area contributed by atoms with Crippen LogP contribution in [0.3, 0.4) is 0 Å². The first-order valence-electron chi connectivity index (χ1n) is 24.0. The largest absolute Gasteiger partial charge is 0.456 e. The Morgan fingerprint density at radius 2 is 0.667 bits per heavy atom. The zero-order chi connectivity index (χ0) is 47.5. The molecule has 0 saturated carbocycles. The summed E-state index contributed by atoms with van der Waals surface area (Å²) in [7, 11) is 0. The average molecular weight is 922 g/mol. The number of aromatic nitrogens is 5. The first-order valence-corrected chi connectivity index (χ1v) is 24.0. The van der Waals surface area contributed by atoms with Gasteiger partial charge in [0.1, 0.15) is 22.3 Å². The van der Waals surface area contributed by atoms with Gasteiger partial charge in [-0.25, -0.2) is 24.9 Å². The van der Waals surface area contributed by atoms with E-state index in [1.54, 1.807) is 0 Å². The lowest BCUT2D eigenvalue weighted by molar-refractivity contribution is 0.669. The molecule has 14 rings (SSSR count). The van der Waals surface area contributed by atoms with E-state index in [9.17, 15) is 0 Å². The highest BCUT2D eigenvalue weighted by molar-refractivity contribution is 6.15. The summed E-state index contributed by atoms with van der Waals surface area (Å²) in [5.74, 6) is 2.32. The van der Waals surface area contributed by atoms with Crippen LogP contribution < -0.4 is 0 Å². The van der Waals surface area contributed by atoms with Crippen LogP contribution in [0.2, 0.25) is 0 Å². The molecule has 0 fully saturated rings. The number of fused-ring (bicyclic) bond motifs is 8. The third kappa shape index (κ3) is 7.36. The summed E-state index contributed by atoms with van der Waals surface area (Å²) in [5, 5.41) is 6.48. The smallest absolute Gasteiger partial charge is 0.164 e. The van der Waals surface area contributed by atoms with E-state index in [4.69, 9.17) is 33.8 Å². The van der Waals surface area contributed by atoms with Crippen molar-refractivity contribution < 1.29 is 8.83 Å². The van der Waals surface area contributed by atoms with Crippen molar-refractivity contribution in [2.45, 2.75) is 0 Å². The van der Waals surface area contributed by atoms with Gasteiger partial charge in [-0.15, -0.1) is 0 Å². The second-order valence-corrected chi connectivity index (χ2v) is 18.0. The number of nitrogens with zero attached hydrogens (tertiary/aromatic N) is 5. The Kier molecular flexibility index (Phi) is 9.70. The Morgan fingerprint density at radius 1 is 0.222 bits per heavy atom. The monoisotopic (exact) mass is 921 g/mol. The van der Waals surface area contributed by atoms with Crippen molar-refractivity contribution in [2.24, 2.45) is 0 Å². The van der Waals surface area contributed by atoms with Gasteiger partial charge in [0.2, 0.25) is 0 Å². The van der Waals surface area contributed by atoms with Crippen LogP contribution >= 0.6 is 0 Å². The van der Waals surface area contributed by atoms with Gasteiger partial charge in [0.05, 0.1) is 11.4 Å². The molecule has 336 valence electrons. The van der Waals surface area contributed by atoms with Gasteiger partial charge in [0.15, 0.2) is 23.3 Å². The van der Waals surface area contributed by atoms with Crippen molar-refractivity contribution in [3.05, 3.63) is 237 Å². The van der Waals surface area contributed by atoms with Crippen LogP contribution in [0, 0.1) is 0 Å². The molecule has 0 spiro atoms. The van der Waals surface area contributed by atoms with Crippen molar-refractivity contribution in [1.29, 1.82) is 0 Å². The van der Waals surface area contributed by atoms with E-state index in [0.29, 0.717) is 23.3 Å². The molecule has 0 aliphatic heterocycles. The molecule has 4 heterocycles. The van der Waals surface area contributed by atoms with Gasteiger partial charge in [-0.05, 0) is 82.2 Å². The number of para-hydroxylation sites is 1. The molecule has 10 aromatic carbocycles. The molecule has 0 bridgehead atoms. The van der Waals surface area contributed by atoms with Gasteiger partial charge >= 0.3 is 0 Å². The minimum Gasteiger partial charge on any atom is -0.456 e. The summed E-state index contributed by atoms with van der Waals surface area (Å²) in [6.07, 6.45) is 0. The maximum atomic E-state index is 6.58. The van der Waals surface area contributed by atoms with Crippen LogP contribution in [0.25, 0.3) is 145 Å². The van der Waals surface area contributed by atoms with Gasteiger partial charge in [-0.2, -0.15) is 0 Å². The first-order chi connectivity index (χ1) is 35.6. The third-order valence-corrected chi connectivity index (χ3v) is 13.6. The van der Waals surface area contributed by atoms with Crippen molar-refractivity contribution >= 4 is 54.6 Å². The van der Waals surface area contributed by atoms with Crippen LogP contribution in [0.5, 0.6) is 0 Å². The summed E-state index contributed by atoms with van der Waals surface area (Å²) in [6, 6.07) is 81.2. The number of furan rings is 2. The fourth-order valence-corrected chi connectivity index (χ4v) is 9.89. The number of benzene rings is 10. The number of hydrogen-bond donors (Lipinski definition) is 0. The van der Waals surface area contributed by atoms with Crippen LogP contribution in [-0.4, -0.2) is 24.9 Å². The lowest BCUT2D eigenvalue weighted by Gasteiger charge is -2.12. The Morgan fingerprint density at radius 3 is 1.39 bits per heavy atom. The zero-order valence-corrected chi connectivity index (χ0v) is 38.6. The van der Waals surface area contributed by atoms with Crippen molar-refractivity contribution in [3.8, 4) is 90.3 Å². The molecule has 0 atom stereocenters. The second-order valence-electron chi connectivity index (χ2n) is 18.0. The van der Waals surface area contributed by atoms with E-state index >= 15 is 0 Å². The molecule has 0 aliphatic rings. The highest BCUT2D eigenvalue weighted by Gasteiger charge is 2.18. The Balaban J connectivity index is 0.855. The average Bonchev–Trinajstić information content (AvgIpc) is 4.03. The molecule has 14 aromatic rings. The molecular weight excluding hydrogens is 883 g/mol. The Labute approximate surface area is 413 Å². The minimum atomic E-state index is 0.558. The van der Waals surface area contributed by atoms with Gasteiger partial charge < -0.3 is 8.83 Å². The van der Waals surface area contributed by atoms with Crippen molar-refractivity contribution in [1.82, 2.24) is 24.9 Å². The van der Waals surface area contributed by atoms with Gasteiger partial charge in [-0.1, -0.05) is 182 Å². The number of hydrogen-bond acceptors (Lipinski definition) is 7. The molecule has 72 heavy (non-hydrogen) atoms. The lowest BCUT2D eigenvalue weighted by atomic mass is 9.98. The topological polar surface area (TPSA) is 90.7 Å². The summed E-state index contributed by atoms with van der Waals surface area (Å²) in [6.45, 7) is 0. The van der Waals surface area contributed by atoms with E-state index in [0.717, 1.165) is 122 Å². The van der Waals surface area contributed by atoms with E-state index in [2.05, 4.69) is 158 Å². The fraction of sp³-hybridized carbons (Fsp3) is 0. The highest BCUT2D eigenvalue weighted by atomic mass is 16.3. The molecule has 4 aromatic heterocycles. The van der Waals surface area contributed by atoms with E-state index in [1.807, 2.05) is 78.9 Å². The van der Waals surface area contributed by atoms with Gasteiger partial charge in [-0.3, -0.25) is 0 Å². The molecule has 0 N–H and O–H groups in total. The lowest BCUT2D eigenvalue weighted by Crippen LogP contribution is -2.00. The van der Waals surface area contributed by atoms with Crippen LogP contribution in [-0.2, 0) is 0 Å². The molecule has 7 nitrogen and oxygen atoms in total. The normalized spacial score (nSPS) is 11.6. The van der Waals surface area contributed by atoms with E-state index in [1.165, 1.54) is 0 Å². The summed E-state index contributed by atoms with van der Waals surface area (Å²) < 4.78 is 12.9. The van der Waals surface area contributed by atoms with E-state index in [-0.39, 0.29) is 0 Å². The fourth-order valence-electron chi connectivity index (χ4n) is 9.89. The summed E-state index contributed by atoms with van der Waals surface area (Å²) >= 11 is 0. The quantitative estimate of drug-likeness (QED) is 0.150. The molecule has 7 heteroatoms. The van der Waals surface area contributed by atoms with Gasteiger partial charge in [0.25, 0.3) is 0 Å². The third-order valence-electron chi connectivity index (χ3n) is 13.6. The number of rotatable bonds is 8. The second kappa shape index (κ2) is 17.0. The molecule has 0 amide bonds. The Hall–Kier alpha value is -9.85. The zero-order valence-electron chi connectivity index (χ0n) is 38.6. The maximum Gasteiger partial charge on any atom is 0.164 e. The predicted octanol–water partition coefficient (Wildman–Crippen LogP) is 16.9. The summed E-state index contributed by atoms with van der Waals surface area (Å²) in [4.78, 5) is 25.8. The van der Waals surface area contributed by atoms with Crippen molar-refractivity contribution in [3.63, 3.8) is 0 Å². The SMILES string of the molecule is c1ccc(-c2ccc(-c3cc(-c4cccc(-c5cccc(-c6nc(-c7ccccc7)nc(-c7ccc8c(c7)oc7c9ccccc9ccc87)n6)c5)c4)nc(-c4ccc5c(c4)oc4ccccc45)n3)cc2)cc1.